The summed E-state index contributed by atoms with van der Waals surface area (Å²) in [4.78, 5) is 11.4. The number of carbonyl (C=O) groups is 1. The lowest BCUT2D eigenvalue weighted by atomic mass is 10.3. The molecular weight excluding hydrogens is 204 g/mol. The number of hydrogen-bond acceptors (Lipinski definition) is 3. The summed E-state index contributed by atoms with van der Waals surface area (Å²) in [6.45, 7) is 0. The minimum Gasteiger partial charge on any atom is -0.399 e. The molecule has 1 amide bonds. The van der Waals surface area contributed by atoms with Crippen molar-refractivity contribution in [1.29, 1.82) is 0 Å². The van der Waals surface area contributed by atoms with Gasteiger partial charge in [0.15, 0.2) is 0 Å². The van der Waals surface area contributed by atoms with Crippen LogP contribution in [0.25, 0.3) is 0 Å². The van der Waals surface area contributed by atoms with Crippen LogP contribution in [-0.4, -0.2) is 37.9 Å². The van der Waals surface area contributed by atoms with E-state index < -0.39 is 0 Å². The number of nitrogens with zero attached hydrogens (tertiary/aromatic N) is 2. The van der Waals surface area contributed by atoms with E-state index in [1.807, 2.05) is 21.1 Å². The van der Waals surface area contributed by atoms with Crippen molar-refractivity contribution in [1.82, 2.24) is 0 Å². The molecule has 5 heteroatoms. The molecule has 0 aliphatic rings. The van der Waals surface area contributed by atoms with Crippen molar-refractivity contribution >= 4 is 23.5 Å². The second-order valence-corrected chi connectivity index (χ2v) is 4.30. The molecule has 0 aromatic heterocycles. The monoisotopic (exact) mass is 221 g/mol. The predicted octanol–water partition coefficient (Wildman–Crippen LogP) is 0.899. The third kappa shape index (κ3) is 4.56. The average Bonchev–Trinajstić information content (AvgIpc) is 2.18. The Balaban J connectivity index is 2.59. The van der Waals surface area contributed by atoms with Gasteiger partial charge in [0.1, 0.15) is 6.21 Å². The van der Waals surface area contributed by atoms with Gasteiger partial charge in [-0.2, -0.15) is 0 Å². The van der Waals surface area contributed by atoms with Crippen molar-refractivity contribution in [3.63, 3.8) is 0 Å². The Bertz CT molecular complexity index is 389. The second kappa shape index (κ2) is 4.76. The van der Waals surface area contributed by atoms with Crippen molar-refractivity contribution in [2.45, 2.75) is 0 Å². The first kappa shape index (κ1) is 12.2. The van der Waals surface area contributed by atoms with Gasteiger partial charge in [-0.25, -0.2) is 4.59 Å². The highest BCUT2D eigenvalue weighted by atomic mass is 16.1. The molecule has 3 N–H and O–H groups in total. The molecule has 1 aromatic carbocycles. The van der Waals surface area contributed by atoms with Crippen LogP contribution in [0, 0.1) is 0 Å². The van der Waals surface area contributed by atoms with Crippen LogP contribution < -0.4 is 11.1 Å². The maximum Gasteiger partial charge on any atom is 0.272 e. The highest BCUT2D eigenvalue weighted by molar-refractivity contribution is 6.31. The SMILES string of the molecule is C[N+](C)(C)N=CC(=O)Nc1ccc(N)cc1. The molecule has 5 nitrogen and oxygen atoms in total. The van der Waals surface area contributed by atoms with E-state index in [-0.39, 0.29) is 5.91 Å². The van der Waals surface area contributed by atoms with Crippen LogP contribution in [0.2, 0.25) is 0 Å². The molecule has 0 atom stereocenters. The molecule has 0 saturated heterocycles. The van der Waals surface area contributed by atoms with E-state index in [4.69, 9.17) is 5.73 Å². The van der Waals surface area contributed by atoms with E-state index in [1.54, 1.807) is 24.3 Å². The van der Waals surface area contributed by atoms with E-state index in [1.165, 1.54) is 6.21 Å². The highest BCUT2D eigenvalue weighted by Gasteiger charge is 2.04. The van der Waals surface area contributed by atoms with Crippen LogP contribution in [0.1, 0.15) is 0 Å². The van der Waals surface area contributed by atoms with Gasteiger partial charge >= 0.3 is 0 Å². The van der Waals surface area contributed by atoms with Crippen LogP contribution in [-0.2, 0) is 4.79 Å². The van der Waals surface area contributed by atoms with E-state index in [2.05, 4.69) is 10.4 Å². The average molecular weight is 221 g/mol. The number of benzene rings is 1. The second-order valence-electron chi connectivity index (χ2n) is 4.30. The third-order valence-electron chi connectivity index (χ3n) is 1.70. The first-order chi connectivity index (χ1) is 7.37. The molecule has 0 heterocycles. The van der Waals surface area contributed by atoms with Gasteiger partial charge in [0, 0.05) is 11.4 Å². The fourth-order valence-corrected chi connectivity index (χ4v) is 0.967. The molecule has 1 rings (SSSR count). The summed E-state index contributed by atoms with van der Waals surface area (Å²) in [5.74, 6) is -0.252. The molecule has 0 aliphatic heterocycles. The molecule has 0 unspecified atom stereocenters. The lowest BCUT2D eigenvalue weighted by molar-refractivity contribution is -0.876. The first-order valence-electron chi connectivity index (χ1n) is 4.90. The van der Waals surface area contributed by atoms with Gasteiger partial charge < -0.3 is 11.1 Å². The number of amides is 1. The topological polar surface area (TPSA) is 67.5 Å². The minimum atomic E-state index is -0.252. The summed E-state index contributed by atoms with van der Waals surface area (Å²) in [5.41, 5.74) is 6.90. The zero-order valence-corrected chi connectivity index (χ0v) is 9.77. The Kier molecular flexibility index (Phi) is 3.63. The lowest BCUT2D eigenvalue weighted by Crippen LogP contribution is -2.29. The van der Waals surface area contributed by atoms with Crippen LogP contribution in [0.5, 0.6) is 0 Å². The summed E-state index contributed by atoms with van der Waals surface area (Å²) in [5, 5.41) is 6.73. The molecule has 0 bridgehead atoms. The van der Waals surface area contributed by atoms with Crippen LogP contribution in [0.15, 0.2) is 29.4 Å². The van der Waals surface area contributed by atoms with Crippen molar-refractivity contribution in [3.8, 4) is 0 Å². The Hall–Kier alpha value is -1.88. The number of nitrogens with two attached hydrogens (primary N) is 1. The summed E-state index contributed by atoms with van der Waals surface area (Å²) < 4.78 is 0.356. The standard InChI is InChI=1S/C11H16N4O/c1-15(2,3)13-8-11(16)14-10-6-4-9(12)5-7-10/h4-8H,1-3H3,(H2-,12,13,14,16)/p+1. The quantitative estimate of drug-likeness (QED) is 0.344. The van der Waals surface area contributed by atoms with Crippen LogP contribution >= 0.6 is 0 Å². The third-order valence-corrected chi connectivity index (χ3v) is 1.70. The van der Waals surface area contributed by atoms with Crippen molar-refractivity contribution in [2.24, 2.45) is 5.10 Å². The summed E-state index contributed by atoms with van der Waals surface area (Å²) in [6, 6.07) is 6.94. The van der Waals surface area contributed by atoms with E-state index in [0.717, 1.165) is 0 Å². The van der Waals surface area contributed by atoms with Gasteiger partial charge in [0.2, 0.25) is 0 Å². The molecule has 16 heavy (non-hydrogen) atoms. The van der Waals surface area contributed by atoms with Crippen molar-refractivity contribution < 1.29 is 9.39 Å². The summed E-state index contributed by atoms with van der Waals surface area (Å²) in [6.07, 6.45) is 1.27. The normalized spacial score (nSPS) is 11.7. The van der Waals surface area contributed by atoms with Gasteiger partial charge in [0.25, 0.3) is 5.91 Å². The minimum absolute atomic E-state index is 0.252. The molecule has 0 aliphatic carbocycles. The largest absolute Gasteiger partial charge is 0.399 e. The predicted molar refractivity (Wildman–Crippen MR) is 66.0 cm³/mol. The zero-order valence-electron chi connectivity index (χ0n) is 9.77. The number of hydrogen-bond donors (Lipinski definition) is 2. The van der Waals surface area contributed by atoms with E-state index in [0.29, 0.717) is 16.0 Å². The fraction of sp³-hybridized carbons (Fsp3) is 0.273. The van der Waals surface area contributed by atoms with Gasteiger partial charge in [-0.1, -0.05) is 5.10 Å². The molecule has 1 aromatic rings. The number of anilines is 2. The van der Waals surface area contributed by atoms with Crippen molar-refractivity contribution in [3.05, 3.63) is 24.3 Å². The Morgan fingerprint density at radius 3 is 2.38 bits per heavy atom. The Labute approximate surface area is 95.1 Å². The summed E-state index contributed by atoms with van der Waals surface area (Å²) >= 11 is 0. The Morgan fingerprint density at radius 1 is 1.31 bits per heavy atom. The van der Waals surface area contributed by atoms with Crippen molar-refractivity contribution in [2.75, 3.05) is 32.2 Å². The maximum absolute atomic E-state index is 11.4. The maximum atomic E-state index is 11.4. The Morgan fingerprint density at radius 2 is 1.88 bits per heavy atom. The number of nitrogen functional groups attached to an aromatic ring is 1. The number of nitrogens with one attached hydrogen (secondary N) is 1. The molecule has 86 valence electrons. The first-order valence-corrected chi connectivity index (χ1v) is 4.90. The molecule has 0 saturated carbocycles. The molecule has 0 spiro atoms. The smallest absolute Gasteiger partial charge is 0.272 e. The fourth-order valence-electron chi connectivity index (χ4n) is 0.967. The van der Waals surface area contributed by atoms with Crippen LogP contribution in [0.3, 0.4) is 0 Å². The molecule has 0 fully saturated rings. The van der Waals surface area contributed by atoms with E-state index >= 15 is 0 Å². The van der Waals surface area contributed by atoms with Gasteiger partial charge in [-0.15, -0.1) is 0 Å². The molecular formula is C11H17N4O+. The lowest BCUT2D eigenvalue weighted by Gasteiger charge is -2.14. The van der Waals surface area contributed by atoms with Gasteiger partial charge in [-0.3, -0.25) is 4.79 Å². The number of quaternary nitrogens is 1. The highest BCUT2D eigenvalue weighted by Crippen LogP contribution is 2.09. The van der Waals surface area contributed by atoms with Gasteiger partial charge in [-0.05, 0) is 24.3 Å². The molecule has 0 radical (unpaired) electrons. The summed E-state index contributed by atoms with van der Waals surface area (Å²) in [7, 11) is 5.60. The van der Waals surface area contributed by atoms with Crippen LogP contribution in [0.4, 0.5) is 11.4 Å². The van der Waals surface area contributed by atoms with E-state index in [9.17, 15) is 4.79 Å². The number of rotatable bonds is 3. The number of carbonyl (C=O) groups excluding carboxylic acids is 1. The van der Waals surface area contributed by atoms with Gasteiger partial charge in [0.05, 0.1) is 21.1 Å². The zero-order chi connectivity index (χ0) is 12.2.